The number of rotatable bonds is 3. The molecule has 0 saturated heterocycles. The molecule has 0 heterocycles. The van der Waals surface area contributed by atoms with E-state index in [0.717, 1.165) is 23.3 Å². The minimum absolute atomic E-state index is 0.0703. The Balaban J connectivity index is 2.43. The second kappa shape index (κ2) is 5.13. The van der Waals surface area contributed by atoms with Crippen LogP contribution in [0.25, 0.3) is 0 Å². The van der Waals surface area contributed by atoms with Gasteiger partial charge in [-0.05, 0) is 43.2 Å². The lowest BCUT2D eigenvalue weighted by Crippen LogP contribution is -2.15. The van der Waals surface area contributed by atoms with Gasteiger partial charge < -0.3 is 5.73 Å². The number of benzene rings is 2. The Hall–Kier alpha value is -2.08. The van der Waals surface area contributed by atoms with E-state index in [1.54, 1.807) is 0 Å². The third kappa shape index (κ3) is 2.75. The van der Waals surface area contributed by atoms with Gasteiger partial charge >= 0.3 is 0 Å². The van der Waals surface area contributed by atoms with E-state index < -0.39 is 15.8 Å². The highest BCUT2D eigenvalue weighted by Crippen LogP contribution is 2.24. The van der Waals surface area contributed by atoms with Gasteiger partial charge in [0.05, 0.1) is 16.3 Å². The van der Waals surface area contributed by atoms with Crippen LogP contribution in [0.4, 0.5) is 15.8 Å². The third-order valence-electron chi connectivity index (χ3n) is 3.00. The van der Waals surface area contributed by atoms with Crippen LogP contribution < -0.4 is 10.5 Å². The van der Waals surface area contributed by atoms with Crippen molar-refractivity contribution in [1.82, 2.24) is 0 Å². The first-order valence-corrected chi connectivity index (χ1v) is 7.43. The molecule has 0 spiro atoms. The largest absolute Gasteiger partial charge is 0.396 e. The molecule has 20 heavy (non-hydrogen) atoms. The number of nitrogens with one attached hydrogen (secondary N) is 1. The van der Waals surface area contributed by atoms with Crippen molar-refractivity contribution >= 4 is 21.4 Å². The molecule has 0 aliphatic carbocycles. The number of sulfonamides is 1. The molecule has 0 aromatic heterocycles. The molecule has 0 aliphatic rings. The predicted molar refractivity (Wildman–Crippen MR) is 77.5 cm³/mol. The van der Waals surface area contributed by atoms with Gasteiger partial charge in [0.2, 0.25) is 0 Å². The summed E-state index contributed by atoms with van der Waals surface area (Å²) < 4.78 is 40.2. The number of nitrogen functional groups attached to an aromatic ring is 1. The molecular weight excluding hydrogens is 279 g/mol. The van der Waals surface area contributed by atoms with Crippen molar-refractivity contribution < 1.29 is 12.8 Å². The lowest BCUT2D eigenvalue weighted by atomic mass is 10.1. The van der Waals surface area contributed by atoms with Gasteiger partial charge in [0, 0.05) is 0 Å². The van der Waals surface area contributed by atoms with E-state index in [2.05, 4.69) is 4.72 Å². The van der Waals surface area contributed by atoms with Gasteiger partial charge in [-0.25, -0.2) is 12.8 Å². The van der Waals surface area contributed by atoms with Gasteiger partial charge in [-0.2, -0.15) is 0 Å². The zero-order valence-electron chi connectivity index (χ0n) is 11.1. The highest BCUT2D eigenvalue weighted by atomic mass is 32.2. The molecule has 6 heteroatoms. The predicted octanol–water partition coefficient (Wildman–Crippen LogP) is 2.83. The van der Waals surface area contributed by atoms with E-state index in [-0.39, 0.29) is 10.6 Å². The number of halogens is 1. The van der Waals surface area contributed by atoms with E-state index in [1.807, 2.05) is 32.0 Å². The zero-order valence-corrected chi connectivity index (χ0v) is 12.0. The summed E-state index contributed by atoms with van der Waals surface area (Å²) in [5, 5.41) is 0. The van der Waals surface area contributed by atoms with Crippen molar-refractivity contribution in [3.63, 3.8) is 0 Å². The standard InChI is InChI=1S/C14H15FN2O2S/c1-9-4-3-5-10(2)14(9)17-20(18,19)11-6-7-12(15)13(16)8-11/h3-8,17H,16H2,1-2H3. The zero-order chi connectivity index (χ0) is 14.9. The summed E-state index contributed by atoms with van der Waals surface area (Å²) in [4.78, 5) is -0.0703. The molecule has 4 nitrogen and oxygen atoms in total. The molecule has 0 fully saturated rings. The van der Waals surface area contributed by atoms with Crippen LogP contribution >= 0.6 is 0 Å². The Bertz CT molecular complexity index is 738. The van der Waals surface area contributed by atoms with Crippen LogP contribution in [0.15, 0.2) is 41.3 Å². The molecule has 0 amide bonds. The first kappa shape index (κ1) is 14.3. The normalized spacial score (nSPS) is 11.3. The summed E-state index contributed by atoms with van der Waals surface area (Å²) in [6.45, 7) is 3.62. The fraction of sp³-hybridized carbons (Fsp3) is 0.143. The Kier molecular flexibility index (Phi) is 3.67. The lowest BCUT2D eigenvalue weighted by Gasteiger charge is -2.13. The molecule has 0 saturated carbocycles. The molecule has 2 aromatic rings. The SMILES string of the molecule is Cc1cccc(C)c1NS(=O)(=O)c1ccc(F)c(N)c1. The van der Waals surface area contributed by atoms with Gasteiger partial charge in [0.25, 0.3) is 10.0 Å². The minimum atomic E-state index is -3.79. The van der Waals surface area contributed by atoms with E-state index in [0.29, 0.717) is 5.69 Å². The number of hydrogen-bond acceptors (Lipinski definition) is 3. The van der Waals surface area contributed by atoms with Crippen LogP contribution in [0, 0.1) is 19.7 Å². The molecule has 2 aromatic carbocycles. The molecule has 0 aliphatic heterocycles. The highest BCUT2D eigenvalue weighted by molar-refractivity contribution is 7.92. The summed E-state index contributed by atoms with van der Waals surface area (Å²) in [7, 11) is -3.79. The molecule has 2 rings (SSSR count). The number of para-hydroxylation sites is 1. The van der Waals surface area contributed by atoms with E-state index >= 15 is 0 Å². The molecule has 0 unspecified atom stereocenters. The second-order valence-electron chi connectivity index (χ2n) is 4.56. The molecule has 0 atom stereocenters. The van der Waals surface area contributed by atoms with Crippen molar-refractivity contribution in [1.29, 1.82) is 0 Å². The number of aryl methyl sites for hydroxylation is 2. The van der Waals surface area contributed by atoms with Crippen LogP contribution in [-0.2, 0) is 10.0 Å². The number of hydrogen-bond donors (Lipinski definition) is 2. The first-order valence-electron chi connectivity index (χ1n) is 5.95. The van der Waals surface area contributed by atoms with Crippen LogP contribution in [0.1, 0.15) is 11.1 Å². The van der Waals surface area contributed by atoms with Gasteiger partial charge in [0.15, 0.2) is 0 Å². The lowest BCUT2D eigenvalue weighted by molar-refractivity contribution is 0.600. The summed E-state index contributed by atoms with van der Waals surface area (Å²) in [5.74, 6) is -0.643. The maximum Gasteiger partial charge on any atom is 0.261 e. The van der Waals surface area contributed by atoms with Gasteiger partial charge in [-0.3, -0.25) is 4.72 Å². The Morgan fingerprint density at radius 2 is 1.70 bits per heavy atom. The smallest absolute Gasteiger partial charge is 0.261 e. The van der Waals surface area contributed by atoms with Crippen LogP contribution in [-0.4, -0.2) is 8.42 Å². The Morgan fingerprint density at radius 1 is 1.10 bits per heavy atom. The molecule has 0 bridgehead atoms. The quantitative estimate of drug-likeness (QED) is 0.855. The van der Waals surface area contributed by atoms with Crippen molar-refractivity contribution in [2.75, 3.05) is 10.5 Å². The van der Waals surface area contributed by atoms with Crippen LogP contribution in [0.2, 0.25) is 0 Å². The minimum Gasteiger partial charge on any atom is -0.396 e. The summed E-state index contributed by atoms with van der Waals surface area (Å²) in [5.41, 5.74) is 7.35. The maximum absolute atomic E-state index is 13.1. The summed E-state index contributed by atoms with van der Waals surface area (Å²) in [6, 6.07) is 8.79. The summed E-state index contributed by atoms with van der Waals surface area (Å²) >= 11 is 0. The van der Waals surface area contributed by atoms with Gasteiger partial charge in [0.1, 0.15) is 5.82 Å². The summed E-state index contributed by atoms with van der Waals surface area (Å²) in [6.07, 6.45) is 0. The molecular formula is C14H15FN2O2S. The molecule has 106 valence electrons. The third-order valence-corrected chi connectivity index (χ3v) is 4.34. The van der Waals surface area contributed by atoms with E-state index in [9.17, 15) is 12.8 Å². The molecule has 3 N–H and O–H groups in total. The fourth-order valence-electron chi connectivity index (χ4n) is 1.86. The number of anilines is 2. The average Bonchev–Trinajstić information content (AvgIpc) is 2.37. The average molecular weight is 294 g/mol. The van der Waals surface area contributed by atoms with E-state index in [1.165, 1.54) is 6.07 Å². The monoisotopic (exact) mass is 294 g/mol. The Morgan fingerprint density at radius 3 is 2.25 bits per heavy atom. The number of nitrogens with two attached hydrogens (primary N) is 1. The van der Waals surface area contributed by atoms with Crippen LogP contribution in [0.5, 0.6) is 0 Å². The topological polar surface area (TPSA) is 72.2 Å². The molecule has 0 radical (unpaired) electrons. The van der Waals surface area contributed by atoms with Crippen LogP contribution in [0.3, 0.4) is 0 Å². The fourth-order valence-corrected chi connectivity index (χ4v) is 3.10. The van der Waals surface area contributed by atoms with Gasteiger partial charge in [-0.1, -0.05) is 18.2 Å². The van der Waals surface area contributed by atoms with Gasteiger partial charge in [-0.15, -0.1) is 0 Å². The van der Waals surface area contributed by atoms with Crippen molar-refractivity contribution in [3.05, 3.63) is 53.3 Å². The second-order valence-corrected chi connectivity index (χ2v) is 6.24. The highest BCUT2D eigenvalue weighted by Gasteiger charge is 2.17. The first-order chi connectivity index (χ1) is 9.31. The maximum atomic E-state index is 13.1. The van der Waals surface area contributed by atoms with Crippen molar-refractivity contribution in [2.24, 2.45) is 0 Å². The van der Waals surface area contributed by atoms with Crippen molar-refractivity contribution in [2.45, 2.75) is 18.7 Å². The van der Waals surface area contributed by atoms with Crippen molar-refractivity contribution in [3.8, 4) is 0 Å². The van der Waals surface area contributed by atoms with E-state index in [4.69, 9.17) is 5.73 Å². The Labute approximate surface area is 117 Å².